The lowest BCUT2D eigenvalue weighted by Gasteiger charge is -2.29. The van der Waals surface area contributed by atoms with Gasteiger partial charge in [0.2, 0.25) is 0 Å². The van der Waals surface area contributed by atoms with Gasteiger partial charge in [0.1, 0.15) is 5.58 Å². The Labute approximate surface area is 449 Å². The van der Waals surface area contributed by atoms with Crippen molar-refractivity contribution in [1.82, 2.24) is 0 Å². The normalized spacial score (nSPS) is 11.9. The first-order chi connectivity index (χ1) is 37.6. The number of nitrogens with zero attached hydrogens (tertiary/aromatic N) is 2. The van der Waals surface area contributed by atoms with Crippen LogP contribution in [0.4, 0.5) is 34.1 Å². The highest BCUT2D eigenvalue weighted by Crippen LogP contribution is 2.49. The lowest BCUT2D eigenvalue weighted by Crippen LogP contribution is -2.13. The fraction of sp³-hybridized carbons (Fsp3) is 0. The summed E-state index contributed by atoms with van der Waals surface area (Å²) in [4.78, 5) is 4.80. The van der Waals surface area contributed by atoms with Crippen molar-refractivity contribution >= 4 is 161 Å². The maximum Gasteiger partial charge on any atom is 0.159 e. The summed E-state index contributed by atoms with van der Waals surface area (Å²) in [5.74, 6) is 0. The number of benzene rings is 12. The first kappa shape index (κ1) is 43.4. The molecule has 4 heterocycles. The largest absolute Gasteiger partial charge is 0.454 e. The van der Waals surface area contributed by atoms with Crippen LogP contribution in [0.2, 0.25) is 0 Å². The molecule has 0 bridgehead atoms. The molecule has 16 aromatic rings. The molecule has 0 saturated heterocycles. The Morgan fingerprint density at radius 3 is 1.75 bits per heavy atom. The minimum atomic E-state index is 0.847. The molecule has 0 spiro atoms. The third kappa shape index (κ3) is 6.92. The van der Waals surface area contributed by atoms with Crippen LogP contribution in [0.25, 0.3) is 115 Å². The van der Waals surface area contributed by atoms with Crippen molar-refractivity contribution < 1.29 is 4.42 Å². The van der Waals surface area contributed by atoms with E-state index < -0.39 is 0 Å². The molecule has 3 nitrogen and oxygen atoms in total. The zero-order valence-electron chi connectivity index (χ0n) is 40.8. The molecule has 0 fully saturated rings. The Morgan fingerprint density at radius 2 is 0.855 bits per heavy atom. The summed E-state index contributed by atoms with van der Waals surface area (Å²) in [5.41, 5.74) is 12.8. The topological polar surface area (TPSA) is 19.6 Å². The van der Waals surface area contributed by atoms with Gasteiger partial charge in [-0.3, -0.25) is 0 Å². The zero-order valence-corrected chi connectivity index (χ0v) is 43.2. The number of rotatable bonds is 8. The van der Waals surface area contributed by atoms with Crippen LogP contribution in [-0.2, 0) is 0 Å². The molecule has 0 saturated carbocycles. The highest BCUT2D eigenvalue weighted by Gasteiger charge is 2.23. The van der Waals surface area contributed by atoms with Crippen molar-refractivity contribution in [1.29, 1.82) is 0 Å². The smallest absolute Gasteiger partial charge is 0.159 e. The Morgan fingerprint density at radius 1 is 0.276 bits per heavy atom. The highest BCUT2D eigenvalue weighted by atomic mass is 32.1. The molecule has 0 aliphatic rings. The summed E-state index contributed by atoms with van der Waals surface area (Å²) >= 11 is 5.62. The van der Waals surface area contributed by atoms with Gasteiger partial charge in [-0.1, -0.05) is 164 Å². The number of furan rings is 1. The van der Waals surface area contributed by atoms with E-state index in [0.717, 1.165) is 56.1 Å². The van der Waals surface area contributed by atoms with Gasteiger partial charge in [-0.2, -0.15) is 0 Å². The van der Waals surface area contributed by atoms with E-state index in [9.17, 15) is 0 Å². The maximum absolute atomic E-state index is 6.87. The molecule has 0 amide bonds. The van der Waals surface area contributed by atoms with Crippen LogP contribution in [-0.4, -0.2) is 0 Å². The predicted octanol–water partition coefficient (Wildman–Crippen LogP) is 22.1. The summed E-state index contributed by atoms with van der Waals surface area (Å²) in [6, 6.07) is 93.4. The predicted molar refractivity (Wildman–Crippen MR) is 330 cm³/mol. The summed E-state index contributed by atoms with van der Waals surface area (Å²) in [7, 11) is 0. The van der Waals surface area contributed by atoms with Gasteiger partial charge in [-0.05, 0) is 124 Å². The molecule has 0 atom stereocenters. The summed E-state index contributed by atoms with van der Waals surface area (Å²) in [5, 5.41) is 12.5. The van der Waals surface area contributed by atoms with E-state index in [4.69, 9.17) is 4.42 Å². The van der Waals surface area contributed by atoms with Crippen molar-refractivity contribution in [3.05, 3.63) is 255 Å². The van der Waals surface area contributed by atoms with Crippen molar-refractivity contribution in [2.24, 2.45) is 0 Å². The second kappa shape index (κ2) is 17.3. The van der Waals surface area contributed by atoms with Gasteiger partial charge < -0.3 is 14.2 Å². The monoisotopic (exact) mass is 1020 g/mol. The molecule has 0 radical (unpaired) electrons. The van der Waals surface area contributed by atoms with Crippen LogP contribution in [0.5, 0.6) is 0 Å². The van der Waals surface area contributed by atoms with E-state index in [1.165, 1.54) is 93.5 Å². The van der Waals surface area contributed by atoms with Crippen molar-refractivity contribution in [3.8, 4) is 22.3 Å². The quantitative estimate of drug-likeness (QED) is 0.151. The average Bonchev–Trinajstić information content (AvgIpc) is 4.29. The highest BCUT2D eigenvalue weighted by molar-refractivity contribution is 7.27. The van der Waals surface area contributed by atoms with Crippen LogP contribution in [0.3, 0.4) is 0 Å². The van der Waals surface area contributed by atoms with E-state index in [-0.39, 0.29) is 0 Å². The molecule has 0 aliphatic heterocycles. The molecule has 0 aliphatic carbocycles. The van der Waals surface area contributed by atoms with E-state index in [0.29, 0.717) is 0 Å². The molecule has 76 heavy (non-hydrogen) atoms. The fourth-order valence-corrected chi connectivity index (χ4v) is 15.2. The molecule has 6 heteroatoms. The lowest BCUT2D eigenvalue weighted by molar-refractivity contribution is 0.669. The Kier molecular flexibility index (Phi) is 9.85. The van der Waals surface area contributed by atoms with Crippen LogP contribution >= 0.6 is 34.0 Å². The molecule has 16 rings (SSSR count). The molecule has 4 aromatic heterocycles. The number of anilines is 6. The Hall–Kier alpha value is -9.04. The maximum atomic E-state index is 6.87. The Bertz CT molecular complexity index is 4970. The third-order valence-electron chi connectivity index (χ3n) is 15.2. The van der Waals surface area contributed by atoms with Crippen LogP contribution in [0.1, 0.15) is 0 Å². The Balaban J connectivity index is 0.869. The van der Waals surface area contributed by atoms with E-state index in [1.807, 2.05) is 34.0 Å². The SMILES string of the molecule is c1ccc(-c2ccc(N(c3cccc(N(c4ccc5sc6c(-c7ccc8sc9c%10ccccc%10ccc9c8c7)cccc6c5c4)c4cccc5c4oc4ccccc45)c3)c3ccc4c(c3)sc3ccccc34)cc2)cc1. The number of para-hydroxylation sites is 2. The second-order valence-corrected chi connectivity index (χ2v) is 22.8. The van der Waals surface area contributed by atoms with Gasteiger partial charge in [0, 0.05) is 99.7 Å². The molecule has 12 aromatic carbocycles. The molecule has 0 N–H and O–H groups in total. The summed E-state index contributed by atoms with van der Waals surface area (Å²) < 4.78 is 14.6. The first-order valence-electron chi connectivity index (χ1n) is 25.6. The van der Waals surface area contributed by atoms with Crippen LogP contribution in [0.15, 0.2) is 259 Å². The number of hydrogen-bond donors (Lipinski definition) is 0. The molecular formula is C70H42N2OS3. The van der Waals surface area contributed by atoms with Gasteiger partial charge in [-0.25, -0.2) is 0 Å². The standard InChI is InChI=1S/C70H42N2OS3/c1-2-13-43(14-3-1)44-27-31-47(32-28-44)71(51-33-36-56-55-20-7-9-26-64(55)74-67(56)42-51)48-16-10-17-49(40-48)72(62-24-12-22-57-54-19-6-8-25-63(54)73-68(57)62)50-34-38-66-61(41-50)58-23-11-21-53(70(58)76-66)46-30-37-65-60(39-46)59-35-29-45-15-4-5-18-52(45)69(59)75-65/h1-42H. The van der Waals surface area contributed by atoms with Gasteiger partial charge in [0.15, 0.2) is 5.58 Å². The molecule has 356 valence electrons. The average molecular weight is 1020 g/mol. The van der Waals surface area contributed by atoms with E-state index >= 15 is 0 Å². The summed E-state index contributed by atoms with van der Waals surface area (Å²) in [6.45, 7) is 0. The van der Waals surface area contributed by atoms with Crippen LogP contribution in [0, 0.1) is 0 Å². The molecular weight excluding hydrogens is 981 g/mol. The van der Waals surface area contributed by atoms with Gasteiger partial charge in [0.25, 0.3) is 0 Å². The van der Waals surface area contributed by atoms with E-state index in [2.05, 4.69) is 265 Å². The van der Waals surface area contributed by atoms with Gasteiger partial charge in [0.05, 0.1) is 5.69 Å². The number of thiophene rings is 3. The minimum absolute atomic E-state index is 0.847. The first-order valence-corrected chi connectivity index (χ1v) is 28.1. The number of hydrogen-bond acceptors (Lipinski definition) is 6. The lowest BCUT2D eigenvalue weighted by atomic mass is 10.00. The molecule has 0 unspecified atom stereocenters. The van der Waals surface area contributed by atoms with Crippen molar-refractivity contribution in [2.45, 2.75) is 0 Å². The van der Waals surface area contributed by atoms with Crippen molar-refractivity contribution in [2.75, 3.05) is 9.80 Å². The number of fused-ring (bicyclic) bond motifs is 14. The summed E-state index contributed by atoms with van der Waals surface area (Å²) in [6.07, 6.45) is 0. The van der Waals surface area contributed by atoms with E-state index in [1.54, 1.807) is 0 Å². The second-order valence-electron chi connectivity index (χ2n) is 19.6. The van der Waals surface area contributed by atoms with Gasteiger partial charge in [-0.15, -0.1) is 34.0 Å². The van der Waals surface area contributed by atoms with Crippen molar-refractivity contribution in [3.63, 3.8) is 0 Å². The zero-order chi connectivity index (χ0) is 49.8. The fourth-order valence-electron chi connectivity index (χ4n) is 11.7. The minimum Gasteiger partial charge on any atom is -0.454 e. The van der Waals surface area contributed by atoms with Gasteiger partial charge >= 0.3 is 0 Å². The van der Waals surface area contributed by atoms with Crippen LogP contribution < -0.4 is 9.80 Å². The third-order valence-corrected chi connectivity index (χ3v) is 18.8.